The van der Waals surface area contributed by atoms with Crippen LogP contribution in [0.3, 0.4) is 0 Å². The molecular weight excluding hydrogens is 484 g/mol. The molecule has 1 aromatic carbocycles. The second kappa shape index (κ2) is 13.0. The first-order chi connectivity index (χ1) is 18.3. The maximum absolute atomic E-state index is 13.4. The lowest BCUT2D eigenvalue weighted by Crippen LogP contribution is -2.56. The number of nitrogens with zero attached hydrogens (tertiary/aromatic N) is 2. The lowest BCUT2D eigenvalue weighted by Gasteiger charge is -2.34. The molecule has 38 heavy (non-hydrogen) atoms. The van der Waals surface area contributed by atoms with E-state index in [0.29, 0.717) is 5.76 Å². The molecule has 206 valence electrons. The van der Waals surface area contributed by atoms with Gasteiger partial charge in [-0.05, 0) is 58.4 Å². The van der Waals surface area contributed by atoms with Crippen molar-refractivity contribution in [2.75, 3.05) is 13.1 Å². The molecule has 0 bridgehead atoms. The van der Waals surface area contributed by atoms with Gasteiger partial charge in [0.25, 0.3) is 5.91 Å². The van der Waals surface area contributed by atoms with Crippen LogP contribution in [-0.4, -0.2) is 71.2 Å². The third-order valence-corrected chi connectivity index (χ3v) is 7.45. The Labute approximate surface area is 224 Å². The number of likely N-dealkylation sites (tertiary alicyclic amines) is 1. The Morgan fingerprint density at radius 2 is 1.97 bits per heavy atom. The molecule has 0 spiro atoms. The number of amides is 3. The fourth-order valence-corrected chi connectivity index (χ4v) is 5.25. The van der Waals surface area contributed by atoms with Crippen molar-refractivity contribution < 1.29 is 18.9 Å². The predicted molar refractivity (Wildman–Crippen MR) is 143 cm³/mol. The minimum Gasteiger partial charge on any atom is -0.361 e. The summed E-state index contributed by atoms with van der Waals surface area (Å²) in [5.41, 5.74) is 1.36. The van der Waals surface area contributed by atoms with Crippen LogP contribution in [0.5, 0.6) is 0 Å². The SMILES string of the molecule is Cc1cc(C(=O)N[C@@H](CCC(=O)N2CCCC[C@@H]2C)C(=O)N[C@@H](C)C2NCC(Cc3ccccc3)N2)no1. The molecule has 3 amide bonds. The highest BCUT2D eigenvalue weighted by Crippen LogP contribution is 2.18. The van der Waals surface area contributed by atoms with E-state index in [0.717, 1.165) is 38.8 Å². The highest BCUT2D eigenvalue weighted by atomic mass is 16.5. The van der Waals surface area contributed by atoms with Crippen molar-refractivity contribution in [2.45, 2.75) is 89.6 Å². The number of carbonyl (C=O) groups excluding carboxylic acids is 3. The molecule has 2 unspecified atom stereocenters. The molecule has 2 aliphatic rings. The van der Waals surface area contributed by atoms with Gasteiger partial charge in [0.2, 0.25) is 11.8 Å². The molecule has 3 heterocycles. The normalized spacial score (nSPS) is 23.0. The third kappa shape index (κ3) is 7.41. The average molecular weight is 525 g/mol. The first-order valence-corrected chi connectivity index (χ1v) is 13.7. The standard InChI is InChI=1S/C28H40N6O4/c1-18-9-7-8-14-34(18)25(35)13-12-23(32-28(37)24-15-19(2)38-33-24)27(36)30-20(3)26-29-17-22(31-26)16-21-10-5-4-6-11-21/h4-6,10-11,15,18,20,22-23,26,29,31H,7-9,12-14,16-17H2,1-3H3,(H,30,36)(H,32,37)/t18-,20-,22?,23-,26?/m0/s1. The van der Waals surface area contributed by atoms with E-state index in [-0.39, 0.29) is 54.6 Å². The quantitative estimate of drug-likeness (QED) is 0.374. The first-order valence-electron chi connectivity index (χ1n) is 13.7. The fourth-order valence-electron chi connectivity index (χ4n) is 5.25. The number of hydrogen-bond donors (Lipinski definition) is 4. The van der Waals surface area contributed by atoms with Crippen LogP contribution >= 0.6 is 0 Å². The maximum Gasteiger partial charge on any atom is 0.274 e. The van der Waals surface area contributed by atoms with E-state index >= 15 is 0 Å². The number of carbonyl (C=O) groups is 3. The summed E-state index contributed by atoms with van der Waals surface area (Å²) in [6.07, 6.45) is 4.25. The highest BCUT2D eigenvalue weighted by molar-refractivity contribution is 5.96. The Hall–Kier alpha value is -3.24. The Balaban J connectivity index is 1.35. The molecule has 4 rings (SSSR count). The Morgan fingerprint density at radius 1 is 1.18 bits per heavy atom. The van der Waals surface area contributed by atoms with E-state index in [1.54, 1.807) is 6.92 Å². The number of nitrogens with one attached hydrogen (secondary N) is 4. The van der Waals surface area contributed by atoms with Gasteiger partial charge < -0.3 is 20.1 Å². The zero-order valence-electron chi connectivity index (χ0n) is 22.5. The Bertz CT molecular complexity index is 1090. The predicted octanol–water partition coefficient (Wildman–Crippen LogP) is 1.90. The van der Waals surface area contributed by atoms with Crippen LogP contribution in [0.15, 0.2) is 40.9 Å². The van der Waals surface area contributed by atoms with Gasteiger partial charge in [0.15, 0.2) is 5.69 Å². The van der Waals surface area contributed by atoms with Gasteiger partial charge in [0.1, 0.15) is 11.8 Å². The molecule has 2 aliphatic heterocycles. The second-order valence-electron chi connectivity index (χ2n) is 10.6. The summed E-state index contributed by atoms with van der Waals surface area (Å²) in [5.74, 6) is -0.325. The van der Waals surface area contributed by atoms with Gasteiger partial charge in [-0.2, -0.15) is 0 Å². The second-order valence-corrected chi connectivity index (χ2v) is 10.6. The molecule has 2 saturated heterocycles. The zero-order valence-corrected chi connectivity index (χ0v) is 22.5. The van der Waals surface area contributed by atoms with Crippen molar-refractivity contribution in [1.82, 2.24) is 31.3 Å². The Morgan fingerprint density at radius 3 is 2.68 bits per heavy atom. The van der Waals surface area contributed by atoms with E-state index in [1.807, 2.05) is 30.0 Å². The average Bonchev–Trinajstić information content (AvgIpc) is 3.56. The molecule has 4 N–H and O–H groups in total. The molecule has 5 atom stereocenters. The summed E-state index contributed by atoms with van der Waals surface area (Å²) in [6, 6.07) is 11.1. The molecular formula is C28H40N6O4. The topological polar surface area (TPSA) is 129 Å². The molecule has 10 heteroatoms. The van der Waals surface area contributed by atoms with Crippen LogP contribution < -0.4 is 21.3 Å². The van der Waals surface area contributed by atoms with Gasteiger partial charge in [-0.3, -0.25) is 25.0 Å². The first kappa shape index (κ1) is 27.8. The van der Waals surface area contributed by atoms with Gasteiger partial charge in [-0.15, -0.1) is 0 Å². The summed E-state index contributed by atoms with van der Waals surface area (Å²) in [5, 5.41) is 16.6. The number of rotatable bonds is 10. The summed E-state index contributed by atoms with van der Waals surface area (Å²) in [7, 11) is 0. The molecule has 0 saturated carbocycles. The summed E-state index contributed by atoms with van der Waals surface area (Å²) < 4.78 is 5.01. The van der Waals surface area contributed by atoms with Crippen molar-refractivity contribution in [3.8, 4) is 0 Å². The van der Waals surface area contributed by atoms with Crippen molar-refractivity contribution in [2.24, 2.45) is 0 Å². The van der Waals surface area contributed by atoms with Crippen LogP contribution in [0.2, 0.25) is 0 Å². The van der Waals surface area contributed by atoms with Crippen LogP contribution in [-0.2, 0) is 16.0 Å². The summed E-state index contributed by atoms with van der Waals surface area (Å²) in [6.45, 7) is 7.20. The lowest BCUT2D eigenvalue weighted by molar-refractivity contribution is -0.134. The number of hydrogen-bond acceptors (Lipinski definition) is 7. The largest absolute Gasteiger partial charge is 0.361 e. The molecule has 1 aromatic heterocycles. The van der Waals surface area contributed by atoms with Gasteiger partial charge in [0.05, 0.1) is 12.2 Å². The van der Waals surface area contributed by atoms with Gasteiger partial charge in [-0.25, -0.2) is 0 Å². The number of benzene rings is 1. The van der Waals surface area contributed by atoms with Crippen molar-refractivity contribution in [3.05, 3.63) is 53.4 Å². The zero-order chi connectivity index (χ0) is 27.1. The van der Waals surface area contributed by atoms with Crippen LogP contribution in [0, 0.1) is 6.92 Å². The molecule has 10 nitrogen and oxygen atoms in total. The summed E-state index contributed by atoms with van der Waals surface area (Å²) >= 11 is 0. The van der Waals surface area contributed by atoms with E-state index in [2.05, 4.69) is 45.5 Å². The number of aryl methyl sites for hydroxylation is 1. The summed E-state index contributed by atoms with van der Waals surface area (Å²) in [4.78, 5) is 41.0. The van der Waals surface area contributed by atoms with Crippen LogP contribution in [0.4, 0.5) is 0 Å². The lowest BCUT2D eigenvalue weighted by atomic mass is 10.0. The van der Waals surface area contributed by atoms with Crippen molar-refractivity contribution in [1.29, 1.82) is 0 Å². The minimum atomic E-state index is -0.882. The number of aromatic nitrogens is 1. The van der Waals surface area contributed by atoms with E-state index in [9.17, 15) is 14.4 Å². The monoisotopic (exact) mass is 524 g/mol. The third-order valence-electron chi connectivity index (χ3n) is 7.45. The Kier molecular flexibility index (Phi) is 9.52. The van der Waals surface area contributed by atoms with Crippen LogP contribution in [0.1, 0.15) is 67.8 Å². The van der Waals surface area contributed by atoms with E-state index in [1.165, 1.54) is 11.6 Å². The van der Waals surface area contributed by atoms with Gasteiger partial charge >= 0.3 is 0 Å². The molecule has 2 fully saturated rings. The number of piperidine rings is 1. The van der Waals surface area contributed by atoms with Gasteiger partial charge in [-0.1, -0.05) is 35.5 Å². The molecule has 2 aromatic rings. The molecule has 0 radical (unpaired) electrons. The highest BCUT2D eigenvalue weighted by Gasteiger charge is 2.32. The minimum absolute atomic E-state index is 0.0115. The van der Waals surface area contributed by atoms with E-state index in [4.69, 9.17) is 4.52 Å². The molecule has 0 aliphatic carbocycles. The van der Waals surface area contributed by atoms with Gasteiger partial charge in [0, 0.05) is 37.7 Å². The van der Waals surface area contributed by atoms with Crippen LogP contribution in [0.25, 0.3) is 0 Å². The smallest absolute Gasteiger partial charge is 0.274 e. The van der Waals surface area contributed by atoms with E-state index < -0.39 is 11.9 Å². The van der Waals surface area contributed by atoms with Crippen molar-refractivity contribution in [3.63, 3.8) is 0 Å². The maximum atomic E-state index is 13.4. The van der Waals surface area contributed by atoms with Crippen molar-refractivity contribution >= 4 is 17.7 Å². The fraction of sp³-hybridized carbons (Fsp3) is 0.571.